The quantitative estimate of drug-likeness (QED) is 0.464. The zero-order valence-electron chi connectivity index (χ0n) is 15.9. The first-order valence-corrected chi connectivity index (χ1v) is 9.29. The summed E-state index contributed by atoms with van der Waals surface area (Å²) in [5.41, 5.74) is 1.98. The molecule has 1 unspecified atom stereocenters. The van der Waals surface area contributed by atoms with Gasteiger partial charge >= 0.3 is 0 Å². The maximum Gasteiger partial charge on any atom is 0.251 e. The largest absolute Gasteiger partial charge is 0.489 e. The molecule has 0 aliphatic carbocycles. The van der Waals surface area contributed by atoms with E-state index in [1.165, 1.54) is 0 Å². The van der Waals surface area contributed by atoms with E-state index in [1.807, 2.05) is 0 Å². The first kappa shape index (κ1) is 21.2. The molecule has 0 spiro atoms. The van der Waals surface area contributed by atoms with Crippen molar-refractivity contribution in [3.63, 3.8) is 0 Å². The third-order valence-corrected chi connectivity index (χ3v) is 4.93. The van der Waals surface area contributed by atoms with Crippen LogP contribution >= 0.6 is 0 Å². The number of amides is 1. The fourth-order valence-electron chi connectivity index (χ4n) is 3.22. The summed E-state index contributed by atoms with van der Waals surface area (Å²) in [5, 5.41) is 42.1. The van der Waals surface area contributed by atoms with E-state index in [0.717, 1.165) is 5.56 Å². The highest BCUT2D eigenvalue weighted by Gasteiger charge is 2.43. The van der Waals surface area contributed by atoms with E-state index < -0.39 is 37.1 Å². The van der Waals surface area contributed by atoms with E-state index in [4.69, 9.17) is 9.47 Å². The van der Waals surface area contributed by atoms with E-state index in [2.05, 4.69) is 5.32 Å². The Labute approximate surface area is 168 Å². The number of carbonyl (C=O) groups excluding carboxylic acids is 1. The van der Waals surface area contributed by atoms with Crippen LogP contribution in [0, 0.1) is 0 Å². The maximum atomic E-state index is 11.6. The average molecular weight is 403 g/mol. The summed E-state index contributed by atoms with van der Waals surface area (Å²) in [5.74, 6) is 0.361. The second-order valence-corrected chi connectivity index (χ2v) is 6.89. The van der Waals surface area contributed by atoms with Crippen LogP contribution in [0.2, 0.25) is 0 Å². The lowest BCUT2D eigenvalue weighted by Gasteiger charge is -2.40. The second-order valence-electron chi connectivity index (χ2n) is 6.89. The van der Waals surface area contributed by atoms with Gasteiger partial charge in [0.15, 0.2) is 0 Å². The number of hydrogen-bond donors (Lipinski definition) is 5. The van der Waals surface area contributed by atoms with Crippen molar-refractivity contribution in [2.24, 2.45) is 0 Å². The molecule has 0 bridgehead atoms. The van der Waals surface area contributed by atoms with E-state index >= 15 is 0 Å². The van der Waals surface area contributed by atoms with Gasteiger partial charge in [-0.1, -0.05) is 24.3 Å². The van der Waals surface area contributed by atoms with Gasteiger partial charge in [-0.05, 0) is 35.4 Å². The van der Waals surface area contributed by atoms with Crippen molar-refractivity contribution in [1.82, 2.24) is 5.32 Å². The highest BCUT2D eigenvalue weighted by atomic mass is 16.5. The topological polar surface area (TPSA) is 128 Å². The molecule has 5 N–H and O–H groups in total. The minimum absolute atomic E-state index is 0.162. The number of aliphatic hydroxyl groups excluding tert-OH is 4. The summed E-state index contributed by atoms with van der Waals surface area (Å²) in [6, 6.07) is 13.9. The average Bonchev–Trinajstić information content (AvgIpc) is 2.76. The van der Waals surface area contributed by atoms with Crippen molar-refractivity contribution >= 4 is 5.91 Å². The number of nitrogens with one attached hydrogen (secondary N) is 1. The molecule has 156 valence electrons. The van der Waals surface area contributed by atoms with Gasteiger partial charge in [0.05, 0.1) is 6.61 Å². The predicted molar refractivity (Wildman–Crippen MR) is 103 cm³/mol. The number of ether oxygens (including phenoxy) is 2. The van der Waals surface area contributed by atoms with Gasteiger partial charge in [-0.3, -0.25) is 4.79 Å². The van der Waals surface area contributed by atoms with Crippen LogP contribution in [0.3, 0.4) is 0 Å². The molecule has 8 nitrogen and oxygen atoms in total. The van der Waals surface area contributed by atoms with Gasteiger partial charge in [0.2, 0.25) is 0 Å². The molecule has 29 heavy (non-hydrogen) atoms. The monoisotopic (exact) mass is 403 g/mol. The SMILES string of the molecule is CNC(=O)c1ccc(COc2cccc(C3O[C@H](CO)[C@@H](O)[C@H](O)[C@@H]3O)c2)cc1. The lowest BCUT2D eigenvalue weighted by Crippen LogP contribution is -2.55. The first-order valence-electron chi connectivity index (χ1n) is 9.29. The van der Waals surface area contributed by atoms with Crippen LogP contribution in [0.15, 0.2) is 48.5 Å². The molecule has 0 radical (unpaired) electrons. The molecule has 1 aliphatic rings. The Morgan fingerprint density at radius 2 is 1.79 bits per heavy atom. The molecule has 2 aromatic rings. The van der Waals surface area contributed by atoms with Crippen LogP contribution in [0.5, 0.6) is 5.75 Å². The van der Waals surface area contributed by atoms with Crippen molar-refractivity contribution in [3.8, 4) is 5.75 Å². The lowest BCUT2D eigenvalue weighted by molar-refractivity contribution is -0.231. The Bertz CT molecular complexity index is 824. The first-order chi connectivity index (χ1) is 13.9. The molecule has 5 atom stereocenters. The molecule has 0 aromatic heterocycles. The zero-order valence-corrected chi connectivity index (χ0v) is 15.9. The fourth-order valence-corrected chi connectivity index (χ4v) is 3.22. The van der Waals surface area contributed by atoms with Gasteiger partial charge in [0, 0.05) is 12.6 Å². The minimum Gasteiger partial charge on any atom is -0.489 e. The highest BCUT2D eigenvalue weighted by Crippen LogP contribution is 2.33. The summed E-state index contributed by atoms with van der Waals surface area (Å²) in [6.45, 7) is -0.212. The van der Waals surface area contributed by atoms with E-state index in [-0.39, 0.29) is 12.5 Å². The summed E-state index contributed by atoms with van der Waals surface area (Å²) in [7, 11) is 1.57. The van der Waals surface area contributed by atoms with E-state index in [0.29, 0.717) is 16.9 Å². The Kier molecular flexibility index (Phi) is 6.83. The maximum absolute atomic E-state index is 11.6. The number of aliphatic hydroxyl groups is 4. The van der Waals surface area contributed by atoms with Gasteiger partial charge in [-0.25, -0.2) is 0 Å². The van der Waals surface area contributed by atoms with Crippen molar-refractivity contribution in [1.29, 1.82) is 0 Å². The van der Waals surface area contributed by atoms with Gasteiger partial charge < -0.3 is 35.2 Å². The van der Waals surface area contributed by atoms with Gasteiger partial charge in [-0.15, -0.1) is 0 Å². The molecule has 1 aliphatic heterocycles. The van der Waals surface area contributed by atoms with Crippen LogP contribution in [-0.4, -0.2) is 64.4 Å². The van der Waals surface area contributed by atoms with E-state index in [9.17, 15) is 25.2 Å². The van der Waals surface area contributed by atoms with Crippen LogP contribution in [0.4, 0.5) is 0 Å². The molecule has 8 heteroatoms. The van der Waals surface area contributed by atoms with Gasteiger partial charge in [-0.2, -0.15) is 0 Å². The zero-order chi connectivity index (χ0) is 21.0. The number of benzene rings is 2. The molecular formula is C21H25NO7. The van der Waals surface area contributed by atoms with Crippen LogP contribution < -0.4 is 10.1 Å². The van der Waals surface area contributed by atoms with Gasteiger partial charge in [0.1, 0.15) is 42.9 Å². The Balaban J connectivity index is 1.68. The molecule has 1 fully saturated rings. The minimum atomic E-state index is -1.44. The molecule has 1 saturated heterocycles. The summed E-state index contributed by atoms with van der Waals surface area (Å²) < 4.78 is 11.4. The third kappa shape index (κ3) is 4.75. The van der Waals surface area contributed by atoms with Crippen molar-refractivity contribution in [2.75, 3.05) is 13.7 Å². The summed E-state index contributed by atoms with van der Waals surface area (Å²) in [4.78, 5) is 11.6. The van der Waals surface area contributed by atoms with E-state index in [1.54, 1.807) is 55.6 Å². The Morgan fingerprint density at radius 1 is 1.07 bits per heavy atom. The van der Waals surface area contributed by atoms with Crippen molar-refractivity contribution in [2.45, 2.75) is 37.1 Å². The molecule has 0 saturated carbocycles. The molecule has 3 rings (SSSR count). The number of carbonyl (C=O) groups is 1. The van der Waals surface area contributed by atoms with Crippen LogP contribution in [0.25, 0.3) is 0 Å². The standard InChI is InChI=1S/C21H25NO7/c1-22-21(27)13-7-5-12(6-8-13)11-28-15-4-2-3-14(9-15)20-19(26)18(25)17(24)16(10-23)29-20/h2-9,16-20,23-26H,10-11H2,1H3,(H,22,27)/t16-,17-,18+,19+,20?/m1/s1. The predicted octanol–water partition coefficient (Wildman–Crippen LogP) is 0.140. The van der Waals surface area contributed by atoms with Gasteiger partial charge in [0.25, 0.3) is 5.91 Å². The number of hydrogen-bond acceptors (Lipinski definition) is 7. The van der Waals surface area contributed by atoms with Crippen LogP contribution in [0.1, 0.15) is 27.6 Å². The Morgan fingerprint density at radius 3 is 2.45 bits per heavy atom. The molecule has 1 heterocycles. The Hall–Kier alpha value is -2.49. The normalized spacial score (nSPS) is 26.7. The molecule has 1 amide bonds. The number of rotatable bonds is 6. The second kappa shape index (κ2) is 9.34. The smallest absolute Gasteiger partial charge is 0.251 e. The van der Waals surface area contributed by atoms with Crippen molar-refractivity contribution in [3.05, 3.63) is 65.2 Å². The molecular weight excluding hydrogens is 378 g/mol. The third-order valence-electron chi connectivity index (χ3n) is 4.93. The van der Waals surface area contributed by atoms with Crippen LogP contribution in [-0.2, 0) is 11.3 Å². The summed E-state index contributed by atoms with van der Waals surface area (Å²) in [6.07, 6.45) is -6.07. The summed E-state index contributed by atoms with van der Waals surface area (Å²) >= 11 is 0. The molecule has 2 aromatic carbocycles. The van der Waals surface area contributed by atoms with Crippen molar-refractivity contribution < 1.29 is 34.7 Å². The highest BCUT2D eigenvalue weighted by molar-refractivity contribution is 5.93. The fraction of sp³-hybridized carbons (Fsp3) is 0.381. The lowest BCUT2D eigenvalue weighted by atomic mass is 9.91.